The first-order valence-electron chi connectivity index (χ1n) is 8.57. The Morgan fingerprint density at radius 3 is 2.62 bits per heavy atom. The number of piperidine rings is 3. The number of halogens is 1. The molecule has 0 unspecified atom stereocenters. The van der Waals surface area contributed by atoms with E-state index < -0.39 is 11.8 Å². The number of carbonyl (C=O) groups excluding carboxylic acids is 1. The number of benzene rings is 1. The van der Waals surface area contributed by atoms with E-state index in [1.807, 2.05) is 0 Å². The van der Waals surface area contributed by atoms with Crippen LogP contribution in [0.25, 0.3) is 5.57 Å². The van der Waals surface area contributed by atoms with E-state index in [1.165, 1.54) is 13.2 Å². The highest BCUT2D eigenvalue weighted by Gasteiger charge is 2.40. The quantitative estimate of drug-likeness (QED) is 0.795. The number of ether oxygens (including phenoxy) is 2. The predicted molar refractivity (Wildman–Crippen MR) is 88.3 cm³/mol. The first-order valence-corrected chi connectivity index (χ1v) is 8.57. The summed E-state index contributed by atoms with van der Waals surface area (Å²) >= 11 is 0. The zero-order valence-corrected chi connectivity index (χ0v) is 13.9. The van der Waals surface area contributed by atoms with Gasteiger partial charge in [-0.05, 0) is 56.9 Å². The van der Waals surface area contributed by atoms with Gasteiger partial charge in [0.25, 0.3) is 0 Å². The number of hydrogen-bond donors (Lipinski definition) is 0. The third-order valence-corrected chi connectivity index (χ3v) is 5.78. The second-order valence-corrected chi connectivity index (χ2v) is 7.13. The number of rotatable bonds is 4. The summed E-state index contributed by atoms with van der Waals surface area (Å²) in [4.78, 5) is 15.0. The summed E-state index contributed by atoms with van der Waals surface area (Å²) in [7, 11) is 1.51. The van der Waals surface area contributed by atoms with Gasteiger partial charge in [0.15, 0.2) is 0 Å². The average molecular weight is 331 g/mol. The highest BCUT2D eigenvalue weighted by Crippen LogP contribution is 2.41. The van der Waals surface area contributed by atoms with E-state index in [0.717, 1.165) is 44.5 Å². The van der Waals surface area contributed by atoms with Gasteiger partial charge < -0.3 is 14.4 Å². The lowest BCUT2D eigenvalue weighted by molar-refractivity contribution is -0.143. The maximum atomic E-state index is 14.4. The molecule has 1 aliphatic carbocycles. The molecular weight excluding hydrogens is 309 g/mol. The standard InChI is InChI=1S/C19H22FNO3/c1-23-14-10-13-2-3-15(17(13)16(20)11-14)18(22)24-12-19-4-7-21(8-5-19)9-6-19/h3,10-11H,2,4-9,12H2,1H3. The molecule has 3 saturated heterocycles. The van der Waals surface area contributed by atoms with Crippen LogP contribution in [0, 0.1) is 11.2 Å². The molecule has 3 aliphatic heterocycles. The summed E-state index contributed by atoms with van der Waals surface area (Å²) in [6.07, 6.45) is 5.55. The van der Waals surface area contributed by atoms with Crippen molar-refractivity contribution in [2.75, 3.05) is 33.4 Å². The normalized spacial score (nSPS) is 27.6. The van der Waals surface area contributed by atoms with E-state index in [4.69, 9.17) is 9.47 Å². The van der Waals surface area contributed by atoms with Gasteiger partial charge in [0.05, 0.1) is 19.3 Å². The molecule has 5 heteroatoms. The molecule has 0 amide bonds. The van der Waals surface area contributed by atoms with Crippen molar-refractivity contribution in [3.8, 4) is 5.75 Å². The lowest BCUT2D eigenvalue weighted by Crippen LogP contribution is -2.50. The summed E-state index contributed by atoms with van der Waals surface area (Å²) in [5.74, 6) is -0.350. The van der Waals surface area contributed by atoms with Crippen molar-refractivity contribution in [1.29, 1.82) is 0 Å². The van der Waals surface area contributed by atoms with Crippen LogP contribution in [0.15, 0.2) is 18.2 Å². The van der Waals surface area contributed by atoms with E-state index in [-0.39, 0.29) is 5.41 Å². The summed E-state index contributed by atoms with van der Waals surface area (Å²) in [5.41, 5.74) is 1.64. The minimum Gasteiger partial charge on any atom is -0.497 e. The van der Waals surface area contributed by atoms with Crippen molar-refractivity contribution in [2.45, 2.75) is 25.7 Å². The summed E-state index contributed by atoms with van der Waals surface area (Å²) in [6, 6.07) is 3.10. The number of carbonyl (C=O) groups is 1. The molecule has 0 radical (unpaired) electrons. The second-order valence-electron chi connectivity index (χ2n) is 7.13. The van der Waals surface area contributed by atoms with Gasteiger partial charge in [-0.3, -0.25) is 0 Å². The van der Waals surface area contributed by atoms with Crippen LogP contribution in [0.4, 0.5) is 4.39 Å². The molecule has 0 aromatic heterocycles. The molecule has 128 valence electrons. The Labute approximate surface area is 141 Å². The van der Waals surface area contributed by atoms with E-state index in [9.17, 15) is 9.18 Å². The van der Waals surface area contributed by atoms with Gasteiger partial charge in [-0.1, -0.05) is 6.08 Å². The number of nitrogens with zero attached hydrogens (tertiary/aromatic N) is 1. The van der Waals surface area contributed by atoms with Crippen molar-refractivity contribution in [3.63, 3.8) is 0 Å². The van der Waals surface area contributed by atoms with E-state index >= 15 is 0 Å². The van der Waals surface area contributed by atoms with Crippen molar-refractivity contribution >= 4 is 11.5 Å². The Balaban J connectivity index is 1.47. The fourth-order valence-corrected chi connectivity index (χ4v) is 4.13. The Morgan fingerprint density at radius 1 is 1.25 bits per heavy atom. The molecule has 0 N–H and O–H groups in total. The predicted octanol–water partition coefficient (Wildman–Crippen LogP) is 2.80. The SMILES string of the molecule is COc1cc(F)c2c(c1)CC=C2C(=O)OCC12CCN(CC1)CC2. The van der Waals surface area contributed by atoms with E-state index in [0.29, 0.717) is 29.9 Å². The molecule has 1 aromatic rings. The maximum absolute atomic E-state index is 14.4. The summed E-state index contributed by atoms with van der Waals surface area (Å²) < 4.78 is 25.1. The number of methoxy groups -OCH3 is 1. The molecular formula is C19H22FNO3. The average Bonchev–Trinajstić information content (AvgIpc) is 3.06. The van der Waals surface area contributed by atoms with Crippen LogP contribution >= 0.6 is 0 Å². The molecule has 0 saturated carbocycles. The monoisotopic (exact) mass is 331 g/mol. The molecule has 3 fully saturated rings. The lowest BCUT2D eigenvalue weighted by atomic mass is 9.73. The third kappa shape index (κ3) is 2.61. The van der Waals surface area contributed by atoms with Gasteiger partial charge in [-0.2, -0.15) is 0 Å². The fourth-order valence-electron chi connectivity index (χ4n) is 4.13. The number of esters is 1. The van der Waals surface area contributed by atoms with Gasteiger partial charge in [-0.25, -0.2) is 9.18 Å². The number of fused-ring (bicyclic) bond motifs is 4. The Morgan fingerprint density at radius 2 is 1.96 bits per heavy atom. The Hall–Kier alpha value is -1.88. The van der Waals surface area contributed by atoms with Crippen molar-refractivity contribution in [2.24, 2.45) is 5.41 Å². The molecule has 4 nitrogen and oxygen atoms in total. The molecule has 4 aliphatic rings. The van der Waals surface area contributed by atoms with Crippen molar-refractivity contribution in [1.82, 2.24) is 4.90 Å². The zero-order valence-electron chi connectivity index (χ0n) is 13.9. The molecule has 3 heterocycles. The molecule has 5 rings (SSSR count). The van der Waals surface area contributed by atoms with Gasteiger partial charge >= 0.3 is 5.97 Å². The molecule has 0 spiro atoms. The van der Waals surface area contributed by atoms with Gasteiger partial charge in [-0.15, -0.1) is 0 Å². The third-order valence-electron chi connectivity index (χ3n) is 5.78. The van der Waals surface area contributed by atoms with Crippen LogP contribution in [-0.4, -0.2) is 44.2 Å². The molecule has 24 heavy (non-hydrogen) atoms. The highest BCUT2D eigenvalue weighted by molar-refractivity contribution is 6.18. The van der Waals surface area contributed by atoms with Crippen molar-refractivity contribution in [3.05, 3.63) is 35.2 Å². The van der Waals surface area contributed by atoms with Crippen LogP contribution in [0.1, 0.15) is 30.4 Å². The largest absolute Gasteiger partial charge is 0.497 e. The minimum absolute atomic E-state index is 0.130. The number of allylic oxidation sites excluding steroid dienone is 1. The topological polar surface area (TPSA) is 38.8 Å². The van der Waals surface area contributed by atoms with Crippen LogP contribution in [0.5, 0.6) is 5.75 Å². The molecule has 0 atom stereocenters. The van der Waals surface area contributed by atoms with Crippen LogP contribution in [-0.2, 0) is 16.0 Å². The smallest absolute Gasteiger partial charge is 0.338 e. The second kappa shape index (κ2) is 5.88. The molecule has 1 aromatic carbocycles. The van der Waals surface area contributed by atoms with E-state index in [2.05, 4.69) is 4.90 Å². The van der Waals surface area contributed by atoms with Crippen LogP contribution in [0.2, 0.25) is 0 Å². The van der Waals surface area contributed by atoms with Gasteiger partial charge in [0.1, 0.15) is 11.6 Å². The Bertz CT molecular complexity index is 691. The van der Waals surface area contributed by atoms with Crippen LogP contribution < -0.4 is 4.74 Å². The number of hydrogen-bond acceptors (Lipinski definition) is 4. The summed E-state index contributed by atoms with van der Waals surface area (Å²) in [5, 5.41) is 0. The van der Waals surface area contributed by atoms with Crippen molar-refractivity contribution < 1.29 is 18.7 Å². The van der Waals surface area contributed by atoms with E-state index in [1.54, 1.807) is 12.1 Å². The Kier molecular flexibility index (Phi) is 3.83. The first kappa shape index (κ1) is 15.6. The first-order chi connectivity index (χ1) is 11.6. The fraction of sp³-hybridized carbons (Fsp3) is 0.526. The van der Waals surface area contributed by atoms with Crippen LogP contribution in [0.3, 0.4) is 0 Å². The zero-order chi connectivity index (χ0) is 16.7. The highest BCUT2D eigenvalue weighted by atomic mass is 19.1. The minimum atomic E-state index is -0.422. The lowest BCUT2D eigenvalue weighted by Gasteiger charge is -2.47. The summed E-state index contributed by atoms with van der Waals surface area (Å²) in [6.45, 7) is 3.73. The molecule has 2 bridgehead atoms. The maximum Gasteiger partial charge on any atom is 0.338 e. The van der Waals surface area contributed by atoms with Gasteiger partial charge in [0.2, 0.25) is 0 Å². The van der Waals surface area contributed by atoms with Gasteiger partial charge in [0, 0.05) is 17.0 Å².